The van der Waals surface area contributed by atoms with E-state index < -0.39 is 11.9 Å². The SMILES string of the molecule is Cc1cccc2c1nc(N)n2C(C(N)=O)C(C)C. The van der Waals surface area contributed by atoms with Crippen LogP contribution in [0.5, 0.6) is 0 Å². The van der Waals surface area contributed by atoms with Gasteiger partial charge in [-0.05, 0) is 24.5 Å². The number of imidazole rings is 1. The molecule has 1 unspecified atom stereocenters. The smallest absolute Gasteiger partial charge is 0.240 e. The fourth-order valence-electron chi connectivity index (χ4n) is 2.32. The number of nitrogens with zero attached hydrogens (tertiary/aromatic N) is 2. The minimum Gasteiger partial charge on any atom is -0.369 e. The number of benzene rings is 1. The lowest BCUT2D eigenvalue weighted by Gasteiger charge is -2.20. The summed E-state index contributed by atoms with van der Waals surface area (Å²) < 4.78 is 1.73. The van der Waals surface area contributed by atoms with Crippen molar-refractivity contribution in [3.8, 4) is 0 Å². The average molecular weight is 246 g/mol. The molecular weight excluding hydrogens is 228 g/mol. The van der Waals surface area contributed by atoms with Crippen molar-refractivity contribution in [3.05, 3.63) is 23.8 Å². The molecule has 0 saturated heterocycles. The first-order chi connectivity index (χ1) is 8.43. The van der Waals surface area contributed by atoms with Crippen molar-refractivity contribution in [2.45, 2.75) is 26.8 Å². The van der Waals surface area contributed by atoms with E-state index in [1.54, 1.807) is 4.57 Å². The number of hydrogen-bond acceptors (Lipinski definition) is 3. The second kappa shape index (κ2) is 4.33. The molecule has 0 bridgehead atoms. The van der Waals surface area contributed by atoms with Gasteiger partial charge in [-0.1, -0.05) is 26.0 Å². The maximum Gasteiger partial charge on any atom is 0.240 e. The largest absolute Gasteiger partial charge is 0.369 e. The quantitative estimate of drug-likeness (QED) is 0.862. The van der Waals surface area contributed by atoms with Crippen LogP contribution >= 0.6 is 0 Å². The third-order valence-electron chi connectivity index (χ3n) is 3.15. The van der Waals surface area contributed by atoms with Crippen molar-refractivity contribution in [3.63, 3.8) is 0 Å². The number of aryl methyl sites for hydroxylation is 1. The van der Waals surface area contributed by atoms with E-state index in [1.807, 2.05) is 39.0 Å². The highest BCUT2D eigenvalue weighted by Gasteiger charge is 2.25. The van der Waals surface area contributed by atoms with Gasteiger partial charge in [0, 0.05) is 0 Å². The van der Waals surface area contributed by atoms with E-state index in [4.69, 9.17) is 11.5 Å². The summed E-state index contributed by atoms with van der Waals surface area (Å²) in [5, 5.41) is 0. The lowest BCUT2D eigenvalue weighted by Crippen LogP contribution is -2.31. The summed E-state index contributed by atoms with van der Waals surface area (Å²) in [7, 11) is 0. The number of hydrogen-bond donors (Lipinski definition) is 2. The zero-order valence-corrected chi connectivity index (χ0v) is 10.8. The summed E-state index contributed by atoms with van der Waals surface area (Å²) in [5.41, 5.74) is 14.1. The summed E-state index contributed by atoms with van der Waals surface area (Å²) in [4.78, 5) is 16.0. The molecule has 0 aliphatic heterocycles. The van der Waals surface area contributed by atoms with Gasteiger partial charge < -0.3 is 11.5 Å². The van der Waals surface area contributed by atoms with E-state index >= 15 is 0 Å². The Labute approximate surface area is 106 Å². The van der Waals surface area contributed by atoms with Gasteiger partial charge in [-0.15, -0.1) is 0 Å². The van der Waals surface area contributed by atoms with Gasteiger partial charge in [0.05, 0.1) is 11.0 Å². The van der Waals surface area contributed by atoms with Gasteiger partial charge in [0.1, 0.15) is 6.04 Å². The van der Waals surface area contributed by atoms with E-state index in [1.165, 1.54) is 0 Å². The normalized spacial score (nSPS) is 13.1. The third kappa shape index (κ3) is 1.81. The van der Waals surface area contributed by atoms with Crippen molar-refractivity contribution in [1.82, 2.24) is 9.55 Å². The Morgan fingerprint density at radius 3 is 2.61 bits per heavy atom. The van der Waals surface area contributed by atoms with Gasteiger partial charge in [0.15, 0.2) is 0 Å². The lowest BCUT2D eigenvalue weighted by molar-refractivity contribution is -0.122. The highest BCUT2D eigenvalue weighted by Crippen LogP contribution is 2.28. The second-order valence-corrected chi connectivity index (χ2v) is 4.87. The van der Waals surface area contributed by atoms with Gasteiger partial charge in [-0.25, -0.2) is 4.98 Å². The monoisotopic (exact) mass is 246 g/mol. The first kappa shape index (κ1) is 12.4. The molecule has 5 nitrogen and oxygen atoms in total. The number of carbonyl (C=O) groups is 1. The number of carbonyl (C=O) groups excluding carboxylic acids is 1. The molecule has 1 heterocycles. The molecule has 5 heteroatoms. The molecule has 1 amide bonds. The van der Waals surface area contributed by atoms with Crippen molar-refractivity contribution in [2.24, 2.45) is 11.7 Å². The van der Waals surface area contributed by atoms with Crippen LogP contribution in [-0.4, -0.2) is 15.5 Å². The van der Waals surface area contributed by atoms with E-state index in [-0.39, 0.29) is 5.92 Å². The fourth-order valence-corrected chi connectivity index (χ4v) is 2.32. The molecule has 0 fully saturated rings. The Kier molecular flexibility index (Phi) is 2.98. The topological polar surface area (TPSA) is 86.9 Å². The van der Waals surface area contributed by atoms with Crippen LogP contribution < -0.4 is 11.5 Å². The number of nitrogens with two attached hydrogens (primary N) is 2. The summed E-state index contributed by atoms with van der Waals surface area (Å²) in [6, 6.07) is 5.32. The van der Waals surface area contributed by atoms with Gasteiger partial charge in [-0.3, -0.25) is 9.36 Å². The maximum absolute atomic E-state index is 11.6. The lowest BCUT2D eigenvalue weighted by atomic mass is 10.0. The highest BCUT2D eigenvalue weighted by molar-refractivity contribution is 5.86. The Morgan fingerprint density at radius 1 is 1.39 bits per heavy atom. The molecule has 0 aliphatic carbocycles. The number of primary amides is 1. The first-order valence-electron chi connectivity index (χ1n) is 5.95. The molecule has 1 atom stereocenters. The van der Waals surface area contributed by atoms with Crippen molar-refractivity contribution < 1.29 is 4.79 Å². The zero-order chi connectivity index (χ0) is 13.4. The first-order valence-corrected chi connectivity index (χ1v) is 5.95. The van der Waals surface area contributed by atoms with Crippen molar-refractivity contribution in [2.75, 3.05) is 5.73 Å². The molecule has 18 heavy (non-hydrogen) atoms. The molecule has 96 valence electrons. The fraction of sp³-hybridized carbons (Fsp3) is 0.385. The Hall–Kier alpha value is -2.04. The second-order valence-electron chi connectivity index (χ2n) is 4.87. The number of para-hydroxylation sites is 1. The Bertz CT molecular complexity index is 600. The molecule has 0 saturated carbocycles. The molecule has 1 aromatic carbocycles. The molecule has 2 rings (SSSR count). The van der Waals surface area contributed by atoms with Crippen LogP contribution in [0.25, 0.3) is 11.0 Å². The van der Waals surface area contributed by atoms with Crippen molar-refractivity contribution >= 4 is 22.9 Å². The van der Waals surface area contributed by atoms with Gasteiger partial charge in [0.2, 0.25) is 11.9 Å². The molecule has 0 radical (unpaired) electrons. The van der Waals surface area contributed by atoms with Gasteiger partial charge in [-0.2, -0.15) is 0 Å². The highest BCUT2D eigenvalue weighted by atomic mass is 16.1. The maximum atomic E-state index is 11.6. The van der Waals surface area contributed by atoms with Crippen LogP contribution in [0.2, 0.25) is 0 Å². The van der Waals surface area contributed by atoms with Crippen LogP contribution in [0, 0.1) is 12.8 Å². The molecule has 0 spiro atoms. The molecular formula is C13H18N4O. The number of rotatable bonds is 3. The Morgan fingerprint density at radius 2 is 2.06 bits per heavy atom. The third-order valence-corrected chi connectivity index (χ3v) is 3.15. The van der Waals surface area contributed by atoms with Crippen LogP contribution in [0.3, 0.4) is 0 Å². The van der Waals surface area contributed by atoms with E-state index in [9.17, 15) is 4.79 Å². The zero-order valence-electron chi connectivity index (χ0n) is 10.8. The minimum atomic E-state index is -0.475. The number of aromatic nitrogens is 2. The van der Waals surface area contributed by atoms with Crippen LogP contribution in [0.15, 0.2) is 18.2 Å². The van der Waals surface area contributed by atoms with E-state index in [2.05, 4.69) is 4.98 Å². The van der Waals surface area contributed by atoms with Crippen LogP contribution in [0.1, 0.15) is 25.5 Å². The van der Waals surface area contributed by atoms with E-state index in [0.717, 1.165) is 16.6 Å². The van der Waals surface area contributed by atoms with Crippen LogP contribution in [0.4, 0.5) is 5.95 Å². The average Bonchev–Trinajstić information content (AvgIpc) is 2.57. The van der Waals surface area contributed by atoms with Gasteiger partial charge >= 0.3 is 0 Å². The number of amides is 1. The summed E-state index contributed by atoms with van der Waals surface area (Å²) in [5.74, 6) is -0.00276. The summed E-state index contributed by atoms with van der Waals surface area (Å²) in [6.07, 6.45) is 0. The Balaban J connectivity index is 2.74. The van der Waals surface area contributed by atoms with Crippen LogP contribution in [-0.2, 0) is 4.79 Å². The number of anilines is 1. The predicted molar refractivity (Wildman–Crippen MR) is 72.0 cm³/mol. The molecule has 1 aromatic heterocycles. The number of nitrogen functional groups attached to an aromatic ring is 1. The summed E-state index contributed by atoms with van der Waals surface area (Å²) >= 11 is 0. The molecule has 4 N–H and O–H groups in total. The number of fused-ring (bicyclic) bond motifs is 1. The minimum absolute atomic E-state index is 0.0581. The van der Waals surface area contributed by atoms with Gasteiger partial charge in [0.25, 0.3) is 0 Å². The molecule has 2 aromatic rings. The standard InChI is InChI=1S/C13H18N4O/c1-7(2)11(12(14)18)17-9-6-4-5-8(3)10(9)16-13(17)15/h4-7,11H,1-3H3,(H2,14,18)(H2,15,16). The summed E-state index contributed by atoms with van der Waals surface area (Å²) in [6.45, 7) is 5.85. The van der Waals surface area contributed by atoms with E-state index in [0.29, 0.717) is 5.95 Å². The predicted octanol–water partition coefficient (Wildman–Crippen LogP) is 1.61. The molecule has 0 aliphatic rings. The van der Waals surface area contributed by atoms with Crippen molar-refractivity contribution in [1.29, 1.82) is 0 Å².